The van der Waals surface area contributed by atoms with E-state index in [9.17, 15) is 18.4 Å². The highest BCUT2D eigenvalue weighted by atomic mass is 19.2. The van der Waals surface area contributed by atoms with Crippen molar-refractivity contribution in [2.75, 3.05) is 25.6 Å². The Morgan fingerprint density at radius 1 is 1.08 bits per heavy atom. The Bertz CT molecular complexity index is 768. The first kappa shape index (κ1) is 18.2. The summed E-state index contributed by atoms with van der Waals surface area (Å²) in [6.45, 7) is 0.169. The SMILES string of the molecule is COC(=O)c1ccccc1NC(=O)NCCOc1ccc(F)c(F)c1. The number of hydrogen-bond donors (Lipinski definition) is 2. The lowest BCUT2D eigenvalue weighted by Gasteiger charge is -2.11. The molecule has 8 heteroatoms. The molecule has 0 aliphatic rings. The molecule has 0 saturated carbocycles. The minimum Gasteiger partial charge on any atom is -0.492 e. The molecule has 0 spiro atoms. The number of esters is 1. The van der Waals surface area contributed by atoms with Crippen LogP contribution >= 0.6 is 0 Å². The number of carbonyl (C=O) groups excluding carboxylic acids is 2. The predicted octanol–water partition coefficient (Wildman–Crippen LogP) is 2.95. The highest BCUT2D eigenvalue weighted by molar-refractivity contribution is 6.00. The van der Waals surface area contributed by atoms with Gasteiger partial charge in [-0.15, -0.1) is 0 Å². The van der Waals surface area contributed by atoms with Crippen LogP contribution in [-0.2, 0) is 4.74 Å². The number of amides is 2. The molecule has 0 heterocycles. The lowest BCUT2D eigenvalue weighted by molar-refractivity contribution is 0.0602. The van der Waals surface area contributed by atoms with Crippen molar-refractivity contribution in [3.63, 3.8) is 0 Å². The van der Waals surface area contributed by atoms with Gasteiger partial charge in [0.2, 0.25) is 0 Å². The summed E-state index contributed by atoms with van der Waals surface area (Å²) < 4.78 is 35.6. The third-order valence-corrected chi connectivity index (χ3v) is 3.13. The molecule has 0 saturated heterocycles. The molecule has 25 heavy (non-hydrogen) atoms. The number of urea groups is 1. The van der Waals surface area contributed by atoms with Crippen molar-refractivity contribution >= 4 is 17.7 Å². The van der Waals surface area contributed by atoms with Gasteiger partial charge in [0.15, 0.2) is 11.6 Å². The predicted molar refractivity (Wildman–Crippen MR) is 86.7 cm³/mol. The number of anilines is 1. The number of benzene rings is 2. The second-order valence-electron chi connectivity index (χ2n) is 4.84. The van der Waals surface area contributed by atoms with Crippen molar-refractivity contribution in [2.24, 2.45) is 0 Å². The average molecular weight is 350 g/mol. The van der Waals surface area contributed by atoms with E-state index in [0.29, 0.717) is 5.69 Å². The second-order valence-corrected chi connectivity index (χ2v) is 4.84. The van der Waals surface area contributed by atoms with Gasteiger partial charge in [-0.2, -0.15) is 0 Å². The second kappa shape index (κ2) is 8.62. The van der Waals surface area contributed by atoms with Gasteiger partial charge in [-0.1, -0.05) is 12.1 Å². The molecule has 0 bridgehead atoms. The first-order valence-electron chi connectivity index (χ1n) is 7.31. The summed E-state index contributed by atoms with van der Waals surface area (Å²) >= 11 is 0. The molecule has 6 nitrogen and oxygen atoms in total. The van der Waals surface area contributed by atoms with E-state index < -0.39 is 23.6 Å². The summed E-state index contributed by atoms with van der Waals surface area (Å²) in [6, 6.07) is 8.99. The van der Waals surface area contributed by atoms with Crippen molar-refractivity contribution in [3.05, 3.63) is 59.7 Å². The van der Waals surface area contributed by atoms with E-state index >= 15 is 0 Å². The zero-order valence-electron chi connectivity index (χ0n) is 13.3. The van der Waals surface area contributed by atoms with Gasteiger partial charge >= 0.3 is 12.0 Å². The molecule has 0 aromatic heterocycles. The Balaban J connectivity index is 1.81. The molecule has 2 aromatic rings. The third-order valence-electron chi connectivity index (χ3n) is 3.13. The molecule has 2 rings (SSSR count). The molecule has 0 aliphatic carbocycles. The Hall–Kier alpha value is -3.16. The fourth-order valence-corrected chi connectivity index (χ4v) is 1.95. The maximum absolute atomic E-state index is 13.0. The van der Waals surface area contributed by atoms with Gasteiger partial charge in [0, 0.05) is 6.07 Å². The highest BCUT2D eigenvalue weighted by Gasteiger charge is 2.12. The molecule has 0 radical (unpaired) electrons. The molecular weight excluding hydrogens is 334 g/mol. The van der Waals surface area contributed by atoms with E-state index in [-0.39, 0.29) is 24.5 Å². The minimum atomic E-state index is -1.01. The Morgan fingerprint density at radius 3 is 2.56 bits per heavy atom. The number of nitrogens with one attached hydrogen (secondary N) is 2. The van der Waals surface area contributed by atoms with Crippen molar-refractivity contribution < 1.29 is 27.8 Å². The van der Waals surface area contributed by atoms with Crippen molar-refractivity contribution in [3.8, 4) is 5.75 Å². The maximum atomic E-state index is 13.0. The molecule has 2 amide bonds. The molecular formula is C17H16F2N2O4. The normalized spacial score (nSPS) is 10.0. The fourth-order valence-electron chi connectivity index (χ4n) is 1.95. The van der Waals surface area contributed by atoms with Crippen LogP contribution in [0.3, 0.4) is 0 Å². The topological polar surface area (TPSA) is 76.7 Å². The van der Waals surface area contributed by atoms with Crippen LogP contribution in [0.4, 0.5) is 19.3 Å². The van der Waals surface area contributed by atoms with E-state index in [1.807, 2.05) is 0 Å². The van der Waals surface area contributed by atoms with Gasteiger partial charge in [-0.05, 0) is 24.3 Å². The molecule has 2 N–H and O–H groups in total. The van der Waals surface area contributed by atoms with Crippen LogP contribution in [0.15, 0.2) is 42.5 Å². The lowest BCUT2D eigenvalue weighted by Crippen LogP contribution is -2.32. The number of rotatable bonds is 6. The zero-order valence-corrected chi connectivity index (χ0v) is 13.3. The number of hydrogen-bond acceptors (Lipinski definition) is 4. The molecule has 0 aliphatic heterocycles. The van der Waals surface area contributed by atoms with Gasteiger partial charge in [-0.25, -0.2) is 18.4 Å². The van der Waals surface area contributed by atoms with E-state index in [2.05, 4.69) is 15.4 Å². The Morgan fingerprint density at radius 2 is 1.84 bits per heavy atom. The van der Waals surface area contributed by atoms with Crippen LogP contribution in [0.25, 0.3) is 0 Å². The van der Waals surface area contributed by atoms with E-state index in [1.54, 1.807) is 18.2 Å². The fraction of sp³-hybridized carbons (Fsp3) is 0.176. The van der Waals surface area contributed by atoms with Crippen LogP contribution in [0.2, 0.25) is 0 Å². The number of para-hydroxylation sites is 1. The smallest absolute Gasteiger partial charge is 0.339 e. The van der Waals surface area contributed by atoms with Crippen LogP contribution in [0.1, 0.15) is 10.4 Å². The number of carbonyl (C=O) groups is 2. The van der Waals surface area contributed by atoms with E-state index in [1.165, 1.54) is 19.2 Å². The van der Waals surface area contributed by atoms with Crippen molar-refractivity contribution in [1.29, 1.82) is 0 Å². The Kier molecular flexibility index (Phi) is 6.27. The van der Waals surface area contributed by atoms with Crippen LogP contribution < -0.4 is 15.4 Å². The van der Waals surface area contributed by atoms with E-state index in [4.69, 9.17) is 4.74 Å². The molecule has 0 unspecified atom stereocenters. The maximum Gasteiger partial charge on any atom is 0.339 e. The first-order chi connectivity index (χ1) is 12.0. The van der Waals surface area contributed by atoms with Gasteiger partial charge < -0.3 is 20.1 Å². The Labute approximate surface area is 142 Å². The standard InChI is InChI=1S/C17H16F2N2O4/c1-24-16(22)12-4-2-3-5-15(12)21-17(23)20-8-9-25-11-6-7-13(18)14(19)10-11/h2-7,10H,8-9H2,1H3,(H2,20,21,23). The summed E-state index contributed by atoms with van der Waals surface area (Å²) in [5.74, 6) is -2.40. The molecule has 0 atom stereocenters. The monoisotopic (exact) mass is 350 g/mol. The average Bonchev–Trinajstić information content (AvgIpc) is 2.61. The summed E-state index contributed by atoms with van der Waals surface area (Å²) in [4.78, 5) is 23.5. The summed E-state index contributed by atoms with van der Waals surface area (Å²) in [5, 5.41) is 5.04. The van der Waals surface area contributed by atoms with Gasteiger partial charge in [0.25, 0.3) is 0 Å². The van der Waals surface area contributed by atoms with E-state index in [0.717, 1.165) is 12.1 Å². The highest BCUT2D eigenvalue weighted by Crippen LogP contribution is 2.16. The first-order valence-corrected chi connectivity index (χ1v) is 7.31. The largest absolute Gasteiger partial charge is 0.492 e. The van der Waals surface area contributed by atoms with Crippen LogP contribution in [-0.4, -0.2) is 32.3 Å². The zero-order chi connectivity index (χ0) is 18.2. The van der Waals surface area contributed by atoms with Crippen LogP contribution in [0, 0.1) is 11.6 Å². The van der Waals surface area contributed by atoms with Gasteiger partial charge in [-0.3, -0.25) is 0 Å². The summed E-state index contributed by atoms with van der Waals surface area (Å²) in [6.07, 6.45) is 0. The lowest BCUT2D eigenvalue weighted by atomic mass is 10.2. The quantitative estimate of drug-likeness (QED) is 0.620. The van der Waals surface area contributed by atoms with Crippen molar-refractivity contribution in [1.82, 2.24) is 5.32 Å². The summed E-state index contributed by atoms with van der Waals surface area (Å²) in [7, 11) is 1.24. The van der Waals surface area contributed by atoms with Gasteiger partial charge in [0.1, 0.15) is 12.4 Å². The number of methoxy groups -OCH3 is 1. The number of halogens is 2. The van der Waals surface area contributed by atoms with Crippen molar-refractivity contribution in [2.45, 2.75) is 0 Å². The van der Waals surface area contributed by atoms with Crippen LogP contribution in [0.5, 0.6) is 5.75 Å². The molecule has 132 valence electrons. The summed E-state index contributed by atoms with van der Waals surface area (Å²) in [5.41, 5.74) is 0.520. The van der Waals surface area contributed by atoms with Gasteiger partial charge in [0.05, 0.1) is 24.9 Å². The number of ether oxygens (including phenoxy) is 2. The minimum absolute atomic E-state index is 0.0527. The molecule has 2 aromatic carbocycles. The molecule has 0 fully saturated rings. The third kappa shape index (κ3) is 5.17.